The standard InChI is InChI=1S/C18H22N4O3S2/c1-27(24,25)21-14-4-2-3-13(9-14)18-19-10-16(26-18)17(23)20-15-11-22-7-5-12(15)6-8-22/h2-4,9-10,12,15,21H,5-8,11H2,1H3,(H,20,23)/t15-/m0/s1. The van der Waals surface area contributed by atoms with Gasteiger partial charge in [-0.15, -0.1) is 11.3 Å². The van der Waals surface area contributed by atoms with Crippen LogP contribution in [0.5, 0.6) is 0 Å². The molecule has 3 saturated heterocycles. The molecule has 1 atom stereocenters. The lowest BCUT2D eigenvalue weighted by Crippen LogP contribution is -2.57. The fourth-order valence-electron chi connectivity index (χ4n) is 3.81. The van der Waals surface area contributed by atoms with Crippen LogP contribution in [0, 0.1) is 5.92 Å². The molecule has 5 rings (SSSR count). The van der Waals surface area contributed by atoms with E-state index in [0.29, 0.717) is 21.5 Å². The van der Waals surface area contributed by atoms with E-state index in [4.69, 9.17) is 0 Å². The van der Waals surface area contributed by atoms with Crippen LogP contribution in [0.1, 0.15) is 22.5 Å². The Morgan fingerprint density at radius 2 is 2.07 bits per heavy atom. The van der Waals surface area contributed by atoms with Crippen LogP contribution in [-0.2, 0) is 10.0 Å². The second-order valence-corrected chi connectivity index (χ2v) is 9.98. The van der Waals surface area contributed by atoms with E-state index in [2.05, 4.69) is 19.9 Å². The number of nitrogens with one attached hydrogen (secondary N) is 2. The molecule has 0 radical (unpaired) electrons. The summed E-state index contributed by atoms with van der Waals surface area (Å²) < 4.78 is 25.3. The Balaban J connectivity index is 1.47. The molecule has 0 saturated carbocycles. The van der Waals surface area contributed by atoms with Gasteiger partial charge in [0.15, 0.2) is 0 Å². The van der Waals surface area contributed by atoms with Crippen LogP contribution in [0.4, 0.5) is 5.69 Å². The van der Waals surface area contributed by atoms with Crippen LogP contribution in [-0.4, -0.2) is 56.1 Å². The summed E-state index contributed by atoms with van der Waals surface area (Å²) in [6.45, 7) is 3.21. The number of rotatable bonds is 5. The van der Waals surface area contributed by atoms with Gasteiger partial charge >= 0.3 is 0 Å². The van der Waals surface area contributed by atoms with E-state index in [1.54, 1.807) is 24.4 Å². The molecule has 1 amide bonds. The van der Waals surface area contributed by atoms with Gasteiger partial charge in [0.25, 0.3) is 5.91 Å². The number of amides is 1. The summed E-state index contributed by atoms with van der Waals surface area (Å²) in [5.41, 5.74) is 1.25. The topological polar surface area (TPSA) is 91.4 Å². The van der Waals surface area contributed by atoms with Crippen LogP contribution < -0.4 is 10.0 Å². The number of nitrogens with zero attached hydrogens (tertiary/aromatic N) is 2. The molecule has 0 aliphatic carbocycles. The Labute approximate surface area is 162 Å². The van der Waals surface area contributed by atoms with Gasteiger partial charge in [-0.3, -0.25) is 9.52 Å². The first-order valence-electron chi connectivity index (χ1n) is 8.95. The van der Waals surface area contributed by atoms with Gasteiger partial charge in [-0.25, -0.2) is 13.4 Å². The number of sulfonamides is 1. The molecule has 27 heavy (non-hydrogen) atoms. The summed E-state index contributed by atoms with van der Waals surface area (Å²) in [6, 6.07) is 7.22. The summed E-state index contributed by atoms with van der Waals surface area (Å²) in [5.74, 6) is 0.494. The van der Waals surface area contributed by atoms with E-state index in [9.17, 15) is 13.2 Å². The van der Waals surface area contributed by atoms with E-state index in [-0.39, 0.29) is 11.9 Å². The molecule has 0 spiro atoms. The van der Waals surface area contributed by atoms with E-state index >= 15 is 0 Å². The molecule has 3 fully saturated rings. The van der Waals surface area contributed by atoms with Gasteiger partial charge in [-0.05, 0) is 44.0 Å². The molecular formula is C18H22N4O3S2. The van der Waals surface area contributed by atoms with E-state index in [1.807, 2.05) is 6.07 Å². The molecule has 0 unspecified atom stereocenters. The van der Waals surface area contributed by atoms with E-state index in [0.717, 1.165) is 44.3 Å². The molecule has 1 aromatic heterocycles. The first kappa shape index (κ1) is 18.4. The molecule has 3 aliphatic heterocycles. The summed E-state index contributed by atoms with van der Waals surface area (Å²) >= 11 is 1.32. The van der Waals surface area contributed by atoms with Gasteiger partial charge in [0, 0.05) is 23.8 Å². The average molecular weight is 407 g/mol. The monoisotopic (exact) mass is 406 g/mol. The van der Waals surface area contributed by atoms with Gasteiger partial charge in [0.05, 0.1) is 12.5 Å². The number of benzene rings is 1. The number of thiazole rings is 1. The zero-order valence-electron chi connectivity index (χ0n) is 15.0. The van der Waals surface area contributed by atoms with Crippen molar-refractivity contribution in [3.05, 3.63) is 35.3 Å². The zero-order valence-corrected chi connectivity index (χ0v) is 16.6. The lowest BCUT2D eigenvalue weighted by molar-refractivity contribution is 0.0622. The maximum absolute atomic E-state index is 12.6. The molecule has 4 heterocycles. The number of anilines is 1. The predicted molar refractivity (Wildman–Crippen MR) is 106 cm³/mol. The fraction of sp³-hybridized carbons (Fsp3) is 0.444. The molecule has 3 aliphatic rings. The summed E-state index contributed by atoms with van der Waals surface area (Å²) in [7, 11) is -3.34. The largest absolute Gasteiger partial charge is 0.347 e. The van der Waals surface area contributed by atoms with Gasteiger partial charge < -0.3 is 10.2 Å². The van der Waals surface area contributed by atoms with Crippen molar-refractivity contribution in [2.75, 3.05) is 30.6 Å². The number of carbonyl (C=O) groups excluding carboxylic acids is 1. The molecule has 9 heteroatoms. The third kappa shape index (κ3) is 4.31. The summed E-state index contributed by atoms with van der Waals surface area (Å²) in [6.07, 6.45) is 5.01. The van der Waals surface area contributed by atoms with Crippen LogP contribution in [0.3, 0.4) is 0 Å². The number of carbonyl (C=O) groups is 1. The van der Waals surface area contributed by atoms with Crippen molar-refractivity contribution in [3.63, 3.8) is 0 Å². The lowest BCUT2D eigenvalue weighted by Gasteiger charge is -2.44. The van der Waals surface area contributed by atoms with Crippen molar-refractivity contribution in [2.24, 2.45) is 5.92 Å². The second kappa shape index (κ2) is 7.21. The van der Waals surface area contributed by atoms with E-state index < -0.39 is 10.0 Å². The third-order valence-corrected chi connectivity index (χ3v) is 6.77. The highest BCUT2D eigenvalue weighted by Gasteiger charge is 2.35. The summed E-state index contributed by atoms with van der Waals surface area (Å²) in [4.78, 5) is 20.0. The molecular weight excluding hydrogens is 384 g/mol. The maximum Gasteiger partial charge on any atom is 0.263 e. The lowest BCUT2D eigenvalue weighted by atomic mass is 9.84. The smallest absolute Gasteiger partial charge is 0.263 e. The highest BCUT2D eigenvalue weighted by atomic mass is 32.2. The molecule has 1 aromatic carbocycles. The van der Waals surface area contributed by atoms with Gasteiger partial charge in [0.2, 0.25) is 10.0 Å². The van der Waals surface area contributed by atoms with Crippen LogP contribution in [0.15, 0.2) is 30.5 Å². The number of piperidine rings is 3. The highest BCUT2D eigenvalue weighted by molar-refractivity contribution is 7.92. The third-order valence-electron chi connectivity index (χ3n) is 5.11. The first-order valence-corrected chi connectivity index (χ1v) is 11.7. The van der Waals surface area contributed by atoms with Crippen molar-refractivity contribution < 1.29 is 13.2 Å². The van der Waals surface area contributed by atoms with Crippen molar-refractivity contribution >= 4 is 33.0 Å². The van der Waals surface area contributed by atoms with E-state index in [1.165, 1.54) is 11.3 Å². The highest BCUT2D eigenvalue weighted by Crippen LogP contribution is 2.30. The number of fused-ring (bicyclic) bond motifs is 3. The molecule has 2 aromatic rings. The molecule has 2 N–H and O–H groups in total. The van der Waals surface area contributed by atoms with Crippen molar-refractivity contribution in [3.8, 4) is 10.6 Å². The Bertz CT molecular complexity index is 949. The minimum absolute atomic E-state index is 0.0806. The number of hydrogen-bond donors (Lipinski definition) is 2. The number of aromatic nitrogens is 1. The molecule has 7 nitrogen and oxygen atoms in total. The Morgan fingerprint density at radius 1 is 1.30 bits per heavy atom. The minimum Gasteiger partial charge on any atom is -0.347 e. The van der Waals surface area contributed by atoms with Crippen LogP contribution in [0.25, 0.3) is 10.6 Å². The predicted octanol–water partition coefficient (Wildman–Crippen LogP) is 2.01. The number of hydrogen-bond acceptors (Lipinski definition) is 6. The van der Waals surface area contributed by atoms with Gasteiger partial charge in [-0.1, -0.05) is 12.1 Å². The first-order chi connectivity index (χ1) is 12.9. The van der Waals surface area contributed by atoms with Crippen molar-refractivity contribution in [1.29, 1.82) is 0 Å². The molecule has 2 bridgehead atoms. The second-order valence-electron chi connectivity index (χ2n) is 7.20. The molecule has 144 valence electrons. The minimum atomic E-state index is -3.34. The van der Waals surface area contributed by atoms with Gasteiger partial charge in [-0.2, -0.15) is 0 Å². The van der Waals surface area contributed by atoms with Crippen molar-refractivity contribution in [1.82, 2.24) is 15.2 Å². The Kier molecular flexibility index (Phi) is 4.92. The van der Waals surface area contributed by atoms with Gasteiger partial charge in [0.1, 0.15) is 9.88 Å². The van der Waals surface area contributed by atoms with Crippen LogP contribution in [0.2, 0.25) is 0 Å². The van der Waals surface area contributed by atoms with Crippen molar-refractivity contribution in [2.45, 2.75) is 18.9 Å². The average Bonchev–Trinajstić information content (AvgIpc) is 3.12. The SMILES string of the molecule is CS(=O)(=O)Nc1cccc(-c2ncc(C(=O)N[C@H]3CN4CCC3CC4)s2)c1. The normalized spacial score (nSPS) is 24.6. The zero-order chi connectivity index (χ0) is 19.0. The quantitative estimate of drug-likeness (QED) is 0.793. The fourth-order valence-corrected chi connectivity index (χ4v) is 5.18. The van der Waals surface area contributed by atoms with Crippen LogP contribution >= 0.6 is 11.3 Å². The Morgan fingerprint density at radius 3 is 2.74 bits per heavy atom. The Hall–Kier alpha value is -1.97. The summed E-state index contributed by atoms with van der Waals surface area (Å²) in [5, 5.41) is 3.86. The maximum atomic E-state index is 12.6.